The van der Waals surface area contributed by atoms with Crippen LogP contribution < -0.4 is 5.48 Å². The van der Waals surface area contributed by atoms with Crippen LogP contribution in [0.2, 0.25) is 0 Å². The van der Waals surface area contributed by atoms with Gasteiger partial charge >= 0.3 is 0 Å². The fraction of sp³-hybridized carbons (Fsp3) is 0.667. The molecular weight excluding hydrogens is 154 g/mol. The fourth-order valence-corrected chi connectivity index (χ4v) is 0.830. The van der Waals surface area contributed by atoms with Gasteiger partial charge in [-0.15, -0.1) is 0 Å². The van der Waals surface area contributed by atoms with E-state index in [1.165, 1.54) is 0 Å². The van der Waals surface area contributed by atoms with E-state index in [-0.39, 0.29) is 5.78 Å². The summed E-state index contributed by atoms with van der Waals surface area (Å²) in [4.78, 5) is 15.7. The lowest BCUT2D eigenvalue weighted by Gasteiger charge is -2.05. The molecule has 0 saturated heterocycles. The summed E-state index contributed by atoms with van der Waals surface area (Å²) in [5, 5.41) is 0. The molecule has 0 rings (SSSR count). The first-order valence-electron chi connectivity index (χ1n) is 4.22. The Morgan fingerprint density at radius 2 is 2.25 bits per heavy atom. The van der Waals surface area contributed by atoms with Crippen molar-refractivity contribution >= 4 is 5.78 Å². The minimum Gasteiger partial charge on any atom is -0.414 e. The molecule has 0 bridgehead atoms. The zero-order chi connectivity index (χ0) is 9.40. The molecule has 3 heteroatoms. The van der Waals surface area contributed by atoms with Crippen LogP contribution in [-0.2, 0) is 9.63 Å². The van der Waals surface area contributed by atoms with Gasteiger partial charge in [-0.2, -0.15) is 5.48 Å². The maximum Gasteiger partial charge on any atom is 0.133 e. The summed E-state index contributed by atoms with van der Waals surface area (Å²) in [5.41, 5.74) is 2.60. The minimum absolute atomic E-state index is 0.156. The smallest absolute Gasteiger partial charge is 0.133 e. The molecule has 0 radical (unpaired) electrons. The van der Waals surface area contributed by atoms with E-state index < -0.39 is 0 Å². The lowest BCUT2D eigenvalue weighted by atomic mass is 10.2. The van der Waals surface area contributed by atoms with Crippen LogP contribution in [0.15, 0.2) is 11.8 Å². The van der Waals surface area contributed by atoms with Crippen molar-refractivity contribution in [3.63, 3.8) is 0 Å². The number of rotatable bonds is 6. The molecule has 70 valence electrons. The number of hydroxylamine groups is 1. The molecule has 0 atom stereocenters. The van der Waals surface area contributed by atoms with E-state index in [1.54, 1.807) is 14.0 Å². The van der Waals surface area contributed by atoms with Crippen LogP contribution in [-0.4, -0.2) is 12.8 Å². The third-order valence-corrected chi connectivity index (χ3v) is 1.35. The first kappa shape index (κ1) is 11.2. The van der Waals surface area contributed by atoms with Gasteiger partial charge in [-0.05, 0) is 19.4 Å². The van der Waals surface area contributed by atoms with Gasteiger partial charge in [0.2, 0.25) is 0 Å². The maximum absolute atomic E-state index is 10.6. The Morgan fingerprint density at radius 1 is 1.58 bits per heavy atom. The van der Waals surface area contributed by atoms with Gasteiger partial charge in [0.25, 0.3) is 0 Å². The van der Waals surface area contributed by atoms with Gasteiger partial charge in [-0.1, -0.05) is 6.92 Å². The number of carbonyl (C=O) groups is 1. The monoisotopic (exact) mass is 171 g/mol. The average Bonchev–Trinajstić information content (AvgIpc) is 2.01. The Hall–Kier alpha value is -0.830. The first-order valence-corrected chi connectivity index (χ1v) is 4.22. The molecule has 1 N–H and O–H groups in total. The fourth-order valence-electron chi connectivity index (χ4n) is 0.830. The van der Waals surface area contributed by atoms with Crippen LogP contribution in [0, 0.1) is 0 Å². The van der Waals surface area contributed by atoms with Crippen LogP contribution in [0.3, 0.4) is 0 Å². The number of hydrogen-bond donors (Lipinski definition) is 1. The molecule has 0 saturated carbocycles. The molecule has 0 aliphatic rings. The van der Waals surface area contributed by atoms with E-state index >= 15 is 0 Å². The third kappa shape index (κ3) is 5.92. The molecule has 0 fully saturated rings. The van der Waals surface area contributed by atoms with Crippen molar-refractivity contribution in [2.75, 3.05) is 7.05 Å². The molecule has 0 aromatic carbocycles. The largest absolute Gasteiger partial charge is 0.414 e. The summed E-state index contributed by atoms with van der Waals surface area (Å²) in [5.74, 6) is 0.999. The molecule has 0 aliphatic heterocycles. The standard InChI is InChI=1S/C9H17NO2/c1-4-5-9(12-10-3)7-6-8(2)11/h7,10H,4-6H2,1-3H3/b9-7-. The summed E-state index contributed by atoms with van der Waals surface area (Å²) >= 11 is 0. The van der Waals surface area contributed by atoms with Crippen LogP contribution in [0.25, 0.3) is 0 Å². The number of allylic oxidation sites excluding steroid dienone is 2. The zero-order valence-corrected chi connectivity index (χ0v) is 8.02. The van der Waals surface area contributed by atoms with Crippen LogP contribution >= 0.6 is 0 Å². The molecule has 12 heavy (non-hydrogen) atoms. The second-order valence-electron chi connectivity index (χ2n) is 2.63. The Kier molecular flexibility index (Phi) is 6.38. The molecule has 0 spiro atoms. The molecule has 0 aromatic heterocycles. The van der Waals surface area contributed by atoms with Gasteiger partial charge in [0.1, 0.15) is 11.5 Å². The topological polar surface area (TPSA) is 38.3 Å². The number of nitrogens with one attached hydrogen (secondary N) is 1. The molecule has 0 aromatic rings. The van der Waals surface area contributed by atoms with Crippen molar-refractivity contribution < 1.29 is 9.63 Å². The average molecular weight is 171 g/mol. The van der Waals surface area contributed by atoms with Crippen molar-refractivity contribution in [3.8, 4) is 0 Å². The number of hydrogen-bond acceptors (Lipinski definition) is 3. The normalized spacial score (nSPS) is 11.4. The second-order valence-corrected chi connectivity index (χ2v) is 2.63. The van der Waals surface area contributed by atoms with Crippen molar-refractivity contribution in [2.45, 2.75) is 33.1 Å². The highest BCUT2D eigenvalue weighted by Crippen LogP contribution is 2.05. The Balaban J connectivity index is 3.89. The van der Waals surface area contributed by atoms with Crippen LogP contribution in [0.4, 0.5) is 0 Å². The summed E-state index contributed by atoms with van der Waals surface area (Å²) in [6.07, 6.45) is 4.17. The lowest BCUT2D eigenvalue weighted by molar-refractivity contribution is -0.116. The van der Waals surface area contributed by atoms with Crippen molar-refractivity contribution in [1.29, 1.82) is 0 Å². The highest BCUT2D eigenvalue weighted by atomic mass is 16.6. The minimum atomic E-state index is 0.156. The Labute approximate surface area is 73.7 Å². The van der Waals surface area contributed by atoms with Crippen LogP contribution in [0.1, 0.15) is 33.1 Å². The maximum atomic E-state index is 10.6. The zero-order valence-electron chi connectivity index (χ0n) is 8.02. The Morgan fingerprint density at radius 3 is 2.67 bits per heavy atom. The predicted molar refractivity (Wildman–Crippen MR) is 48.4 cm³/mol. The van der Waals surface area contributed by atoms with Gasteiger partial charge < -0.3 is 4.84 Å². The lowest BCUT2D eigenvalue weighted by Crippen LogP contribution is -2.07. The molecule has 0 heterocycles. The summed E-state index contributed by atoms with van der Waals surface area (Å²) in [6, 6.07) is 0. The van der Waals surface area contributed by atoms with E-state index in [0.717, 1.165) is 18.6 Å². The van der Waals surface area contributed by atoms with Crippen molar-refractivity contribution in [1.82, 2.24) is 5.48 Å². The molecule has 0 amide bonds. The summed E-state index contributed by atoms with van der Waals surface area (Å²) in [7, 11) is 1.71. The van der Waals surface area contributed by atoms with Crippen molar-refractivity contribution in [2.24, 2.45) is 0 Å². The van der Waals surface area contributed by atoms with Gasteiger partial charge in [-0.25, -0.2) is 0 Å². The highest BCUT2D eigenvalue weighted by Gasteiger charge is 1.97. The Bertz CT molecular complexity index is 156. The van der Waals surface area contributed by atoms with E-state index in [2.05, 4.69) is 12.4 Å². The second kappa shape index (κ2) is 6.85. The number of carbonyl (C=O) groups excluding carboxylic acids is 1. The van der Waals surface area contributed by atoms with Gasteiger partial charge in [0.15, 0.2) is 0 Å². The SMILES string of the molecule is CCC/C(=C/CC(C)=O)ONC. The van der Waals surface area contributed by atoms with Crippen LogP contribution in [0.5, 0.6) is 0 Å². The summed E-state index contributed by atoms with van der Waals surface area (Å²) in [6.45, 7) is 3.64. The van der Waals surface area contributed by atoms with E-state index in [0.29, 0.717) is 6.42 Å². The molecule has 0 unspecified atom stereocenters. The number of ketones is 1. The van der Waals surface area contributed by atoms with E-state index in [9.17, 15) is 4.79 Å². The van der Waals surface area contributed by atoms with Gasteiger partial charge in [-0.3, -0.25) is 4.79 Å². The van der Waals surface area contributed by atoms with Gasteiger partial charge in [0.05, 0.1) is 0 Å². The summed E-state index contributed by atoms with van der Waals surface area (Å²) < 4.78 is 0. The predicted octanol–water partition coefficient (Wildman–Crippen LogP) is 1.80. The quantitative estimate of drug-likeness (QED) is 0.489. The molecule has 0 aliphatic carbocycles. The van der Waals surface area contributed by atoms with Gasteiger partial charge in [0, 0.05) is 19.9 Å². The third-order valence-electron chi connectivity index (χ3n) is 1.35. The van der Waals surface area contributed by atoms with E-state index in [1.807, 2.05) is 6.08 Å². The molecular formula is C9H17NO2. The van der Waals surface area contributed by atoms with E-state index in [4.69, 9.17) is 4.84 Å². The number of Topliss-reactive ketones (excluding diaryl/α,β-unsaturated/α-hetero) is 1. The van der Waals surface area contributed by atoms with Crippen molar-refractivity contribution in [3.05, 3.63) is 11.8 Å². The highest BCUT2D eigenvalue weighted by molar-refractivity contribution is 5.77. The molecule has 3 nitrogen and oxygen atoms in total. The first-order chi connectivity index (χ1) is 5.70.